The molecule has 1 aromatic heterocycles. The summed E-state index contributed by atoms with van der Waals surface area (Å²) in [4.78, 5) is 34.6. The topological polar surface area (TPSA) is 95.5 Å². The van der Waals surface area contributed by atoms with Crippen molar-refractivity contribution in [3.63, 3.8) is 0 Å². The van der Waals surface area contributed by atoms with Crippen LogP contribution in [0.2, 0.25) is 0 Å². The quantitative estimate of drug-likeness (QED) is 0.624. The molecule has 0 aliphatic carbocycles. The summed E-state index contributed by atoms with van der Waals surface area (Å²) in [5.74, 6) is -2.00. The van der Waals surface area contributed by atoms with Crippen LogP contribution in [0.5, 0.6) is 0 Å². The summed E-state index contributed by atoms with van der Waals surface area (Å²) in [5.41, 5.74) is 0. The van der Waals surface area contributed by atoms with Gasteiger partial charge in [-0.1, -0.05) is 12.1 Å². The second-order valence-electron chi connectivity index (χ2n) is 3.98. The Morgan fingerprint density at radius 3 is 2.75 bits per heavy atom. The molecule has 1 unspecified atom stereocenters. The maximum atomic E-state index is 11.6. The smallest absolute Gasteiger partial charge is 0.326 e. The Morgan fingerprint density at radius 2 is 2.20 bits per heavy atom. The number of carbonyl (C=O) groups is 3. The van der Waals surface area contributed by atoms with E-state index in [4.69, 9.17) is 5.11 Å². The Morgan fingerprint density at radius 1 is 1.45 bits per heavy atom. The van der Waals surface area contributed by atoms with Gasteiger partial charge in [-0.2, -0.15) is 0 Å². The lowest BCUT2D eigenvalue weighted by Crippen LogP contribution is -2.45. The molecule has 0 fully saturated rings. The van der Waals surface area contributed by atoms with E-state index in [1.54, 1.807) is 23.6 Å². The molecule has 3 N–H and O–H groups in total. The number of rotatable bonds is 8. The van der Waals surface area contributed by atoms with Crippen molar-refractivity contribution < 1.29 is 19.5 Å². The highest BCUT2D eigenvalue weighted by molar-refractivity contribution is 7.12. The van der Waals surface area contributed by atoms with Crippen LogP contribution in [0.1, 0.15) is 22.5 Å². The van der Waals surface area contributed by atoms with Crippen LogP contribution in [0.15, 0.2) is 30.2 Å². The lowest BCUT2D eigenvalue weighted by Gasteiger charge is -2.13. The minimum atomic E-state index is -1.11. The number of hydrogen-bond acceptors (Lipinski definition) is 4. The minimum Gasteiger partial charge on any atom is -0.480 e. The molecular formula is C13H16N2O4S. The van der Waals surface area contributed by atoms with Crippen LogP contribution in [-0.2, 0) is 9.59 Å². The maximum Gasteiger partial charge on any atom is 0.326 e. The normalized spacial score (nSPS) is 11.4. The first kappa shape index (κ1) is 15.9. The molecule has 0 aliphatic rings. The van der Waals surface area contributed by atoms with Crippen LogP contribution in [0, 0.1) is 0 Å². The molecule has 1 atom stereocenters. The van der Waals surface area contributed by atoms with Crippen LogP contribution in [0.3, 0.4) is 0 Å². The van der Waals surface area contributed by atoms with Crippen molar-refractivity contribution >= 4 is 29.1 Å². The van der Waals surface area contributed by atoms with Crippen molar-refractivity contribution in [2.45, 2.75) is 18.9 Å². The van der Waals surface area contributed by atoms with Gasteiger partial charge in [0.2, 0.25) is 5.91 Å². The first-order valence-corrected chi connectivity index (χ1v) is 6.87. The number of carboxylic acids is 1. The molecule has 1 heterocycles. The third kappa shape index (κ3) is 5.23. The predicted octanol–water partition coefficient (Wildman–Crippen LogP) is 1.01. The molecule has 0 radical (unpaired) electrons. The summed E-state index contributed by atoms with van der Waals surface area (Å²) in [6.45, 7) is 3.24. The van der Waals surface area contributed by atoms with Gasteiger partial charge in [-0.25, -0.2) is 4.79 Å². The second-order valence-corrected chi connectivity index (χ2v) is 4.93. The highest BCUT2D eigenvalue weighted by Crippen LogP contribution is 2.07. The molecule has 0 bridgehead atoms. The number of carbonyl (C=O) groups excluding carboxylic acids is 2. The van der Waals surface area contributed by atoms with Crippen molar-refractivity contribution in [2.24, 2.45) is 0 Å². The number of hydrogen-bond donors (Lipinski definition) is 3. The van der Waals surface area contributed by atoms with Crippen LogP contribution in [0.25, 0.3) is 0 Å². The highest BCUT2D eigenvalue weighted by Gasteiger charge is 2.19. The van der Waals surface area contributed by atoms with E-state index in [0.717, 1.165) is 0 Å². The van der Waals surface area contributed by atoms with Gasteiger partial charge in [0, 0.05) is 0 Å². The van der Waals surface area contributed by atoms with Crippen LogP contribution < -0.4 is 10.6 Å². The first-order chi connectivity index (χ1) is 9.54. The zero-order chi connectivity index (χ0) is 15.0. The van der Waals surface area contributed by atoms with Gasteiger partial charge in [-0.15, -0.1) is 17.9 Å². The van der Waals surface area contributed by atoms with Crippen molar-refractivity contribution in [1.29, 1.82) is 0 Å². The van der Waals surface area contributed by atoms with Crippen molar-refractivity contribution in [2.75, 3.05) is 6.54 Å². The van der Waals surface area contributed by atoms with Crippen LogP contribution >= 0.6 is 11.3 Å². The summed E-state index contributed by atoms with van der Waals surface area (Å²) in [6.07, 6.45) is 2.34. The van der Waals surface area contributed by atoms with Crippen molar-refractivity contribution in [3.05, 3.63) is 35.0 Å². The van der Waals surface area contributed by atoms with E-state index in [2.05, 4.69) is 17.2 Å². The molecule has 1 rings (SSSR count). The molecular weight excluding hydrogens is 280 g/mol. The minimum absolute atomic E-state index is 0.255. The molecule has 0 spiro atoms. The molecule has 6 nitrogen and oxygen atoms in total. The van der Waals surface area contributed by atoms with Crippen LogP contribution in [0.4, 0.5) is 0 Å². The number of nitrogens with one attached hydrogen (secondary N) is 2. The van der Waals surface area contributed by atoms with E-state index in [1.807, 2.05) is 0 Å². The van der Waals surface area contributed by atoms with Crippen LogP contribution in [-0.4, -0.2) is 35.5 Å². The van der Waals surface area contributed by atoms with E-state index in [1.165, 1.54) is 11.3 Å². The maximum absolute atomic E-state index is 11.6. The number of thiophene rings is 1. The molecule has 0 saturated heterocycles. The van der Waals surface area contributed by atoms with E-state index in [-0.39, 0.29) is 18.9 Å². The Kier molecular flexibility index (Phi) is 6.45. The van der Waals surface area contributed by atoms with Gasteiger partial charge in [0.25, 0.3) is 5.91 Å². The highest BCUT2D eigenvalue weighted by atomic mass is 32.1. The largest absolute Gasteiger partial charge is 0.480 e. The summed E-state index contributed by atoms with van der Waals surface area (Å²) in [6, 6.07) is 2.40. The zero-order valence-electron chi connectivity index (χ0n) is 10.8. The third-order valence-electron chi connectivity index (χ3n) is 2.45. The molecule has 7 heteroatoms. The second kappa shape index (κ2) is 8.11. The van der Waals surface area contributed by atoms with E-state index in [9.17, 15) is 14.4 Å². The van der Waals surface area contributed by atoms with Gasteiger partial charge in [-0.3, -0.25) is 9.59 Å². The average Bonchev–Trinajstić information content (AvgIpc) is 2.94. The van der Waals surface area contributed by atoms with Gasteiger partial charge in [0.05, 0.1) is 11.4 Å². The van der Waals surface area contributed by atoms with Gasteiger partial charge >= 0.3 is 5.97 Å². The van der Waals surface area contributed by atoms with Gasteiger partial charge in [0.1, 0.15) is 6.04 Å². The fourth-order valence-electron chi connectivity index (χ4n) is 1.44. The Bertz CT molecular complexity index is 485. The SMILES string of the molecule is C=CCCC(NC(=O)CNC(=O)c1cccs1)C(=O)O. The molecule has 0 aromatic carbocycles. The molecule has 20 heavy (non-hydrogen) atoms. The molecule has 1 aromatic rings. The van der Waals surface area contributed by atoms with Crippen molar-refractivity contribution in [1.82, 2.24) is 10.6 Å². The summed E-state index contributed by atoms with van der Waals surface area (Å²) in [5, 5.41) is 15.5. The lowest BCUT2D eigenvalue weighted by atomic mass is 10.1. The molecule has 108 valence electrons. The molecule has 2 amide bonds. The number of carboxylic acid groups (broad SMARTS) is 1. The Labute approximate surface area is 120 Å². The van der Waals surface area contributed by atoms with E-state index < -0.39 is 17.9 Å². The van der Waals surface area contributed by atoms with Gasteiger partial charge in [0.15, 0.2) is 0 Å². The fraction of sp³-hybridized carbons (Fsp3) is 0.308. The van der Waals surface area contributed by atoms with Crippen molar-refractivity contribution in [3.8, 4) is 0 Å². The average molecular weight is 296 g/mol. The summed E-state index contributed by atoms with van der Waals surface area (Å²) in [7, 11) is 0. The first-order valence-electron chi connectivity index (χ1n) is 5.99. The molecule has 0 aliphatic heterocycles. The Hall–Kier alpha value is -2.15. The number of allylic oxidation sites excluding steroid dienone is 1. The zero-order valence-corrected chi connectivity index (χ0v) is 11.6. The van der Waals surface area contributed by atoms with E-state index >= 15 is 0 Å². The fourth-order valence-corrected chi connectivity index (χ4v) is 2.08. The summed E-state index contributed by atoms with van der Waals surface area (Å²) < 4.78 is 0. The number of aliphatic carboxylic acids is 1. The monoisotopic (exact) mass is 296 g/mol. The Balaban J connectivity index is 2.39. The number of amides is 2. The predicted molar refractivity (Wildman–Crippen MR) is 75.6 cm³/mol. The molecule has 0 saturated carbocycles. The summed E-state index contributed by atoms with van der Waals surface area (Å²) >= 11 is 1.26. The van der Waals surface area contributed by atoms with E-state index in [0.29, 0.717) is 11.3 Å². The van der Waals surface area contributed by atoms with Gasteiger partial charge < -0.3 is 15.7 Å². The lowest BCUT2D eigenvalue weighted by molar-refractivity contribution is -0.141. The van der Waals surface area contributed by atoms with Gasteiger partial charge in [-0.05, 0) is 24.3 Å². The third-order valence-corrected chi connectivity index (χ3v) is 3.32. The standard InChI is InChI=1S/C13H16N2O4S/c1-2-3-5-9(13(18)19)15-11(16)8-14-12(17)10-6-4-7-20-10/h2,4,6-7,9H,1,3,5,8H2,(H,14,17)(H,15,16)(H,18,19).